The molecule has 0 spiro atoms. The smallest absolute Gasteiger partial charge is 0.237 e. The summed E-state index contributed by atoms with van der Waals surface area (Å²) in [6.07, 6.45) is 1.68. The highest BCUT2D eigenvalue weighted by molar-refractivity contribution is 8.00. The van der Waals surface area contributed by atoms with Crippen molar-refractivity contribution in [2.75, 3.05) is 5.32 Å². The average molecular weight is 304 g/mol. The van der Waals surface area contributed by atoms with E-state index in [1.807, 2.05) is 50.5 Å². The van der Waals surface area contributed by atoms with Crippen LogP contribution >= 0.6 is 11.8 Å². The molecule has 112 valence electrons. The minimum Gasteiger partial charge on any atom is -0.325 e. The van der Waals surface area contributed by atoms with Crippen LogP contribution in [0.5, 0.6) is 0 Å². The first kappa shape index (κ1) is 15.6. The standard InChI is InChI=1S/C15H20N4OS/c1-5-19-9-16-18-15(19)21-12(4)14(20)17-13-10(2)7-6-8-11(13)3/h6-9,12H,5H2,1-4H3,(H,17,20)/t12-/m1/s1. The Hall–Kier alpha value is -1.82. The molecule has 0 saturated carbocycles. The van der Waals surface area contributed by atoms with E-state index in [0.29, 0.717) is 0 Å². The lowest BCUT2D eigenvalue weighted by Gasteiger charge is -2.15. The topological polar surface area (TPSA) is 59.8 Å². The highest BCUT2D eigenvalue weighted by Crippen LogP contribution is 2.24. The first-order chi connectivity index (χ1) is 10.0. The van der Waals surface area contributed by atoms with Gasteiger partial charge in [-0.1, -0.05) is 30.0 Å². The lowest BCUT2D eigenvalue weighted by molar-refractivity contribution is -0.115. The number of amides is 1. The van der Waals surface area contributed by atoms with Gasteiger partial charge in [0.2, 0.25) is 5.91 Å². The van der Waals surface area contributed by atoms with Gasteiger partial charge in [-0.25, -0.2) is 0 Å². The third kappa shape index (κ3) is 3.64. The van der Waals surface area contributed by atoms with Gasteiger partial charge in [-0.2, -0.15) is 0 Å². The van der Waals surface area contributed by atoms with Gasteiger partial charge < -0.3 is 9.88 Å². The third-order valence-corrected chi connectivity index (χ3v) is 4.40. The third-order valence-electron chi connectivity index (χ3n) is 3.30. The fraction of sp³-hybridized carbons (Fsp3) is 0.400. The average Bonchev–Trinajstić information content (AvgIpc) is 2.90. The molecule has 1 N–H and O–H groups in total. The number of carbonyl (C=O) groups is 1. The summed E-state index contributed by atoms with van der Waals surface area (Å²) in [7, 11) is 0. The molecule has 0 radical (unpaired) electrons. The van der Waals surface area contributed by atoms with Crippen LogP contribution in [0.15, 0.2) is 29.7 Å². The van der Waals surface area contributed by atoms with Gasteiger partial charge in [0, 0.05) is 12.2 Å². The molecule has 0 unspecified atom stereocenters. The molecule has 2 aromatic rings. The minimum absolute atomic E-state index is 0.0250. The first-order valence-corrected chi connectivity index (χ1v) is 7.82. The van der Waals surface area contributed by atoms with Crippen LogP contribution in [-0.4, -0.2) is 25.9 Å². The van der Waals surface area contributed by atoms with Crippen LogP contribution < -0.4 is 5.32 Å². The predicted octanol–water partition coefficient (Wildman–Crippen LogP) is 3.03. The van der Waals surface area contributed by atoms with Crippen LogP contribution in [0.25, 0.3) is 0 Å². The molecule has 0 fully saturated rings. The molecule has 1 amide bonds. The van der Waals surface area contributed by atoms with Crippen molar-refractivity contribution in [3.05, 3.63) is 35.7 Å². The van der Waals surface area contributed by atoms with E-state index in [-0.39, 0.29) is 11.2 Å². The summed E-state index contributed by atoms with van der Waals surface area (Å²) in [6, 6.07) is 5.98. The van der Waals surface area contributed by atoms with Gasteiger partial charge in [0.15, 0.2) is 5.16 Å². The van der Waals surface area contributed by atoms with Crippen LogP contribution in [0.4, 0.5) is 5.69 Å². The maximum atomic E-state index is 12.4. The van der Waals surface area contributed by atoms with Crippen molar-refractivity contribution >= 4 is 23.4 Å². The van der Waals surface area contributed by atoms with Crippen molar-refractivity contribution in [3.63, 3.8) is 0 Å². The Balaban J connectivity index is 2.06. The fourth-order valence-corrected chi connectivity index (χ4v) is 2.89. The number of benzene rings is 1. The second-order valence-corrected chi connectivity index (χ2v) is 6.22. The predicted molar refractivity (Wildman–Crippen MR) is 85.6 cm³/mol. The van der Waals surface area contributed by atoms with Gasteiger partial charge in [-0.15, -0.1) is 10.2 Å². The Kier molecular flexibility index (Phi) is 5.01. The molecule has 6 heteroatoms. The molecular formula is C15H20N4OS. The van der Waals surface area contributed by atoms with Crippen LogP contribution in [0.1, 0.15) is 25.0 Å². The summed E-state index contributed by atoms with van der Waals surface area (Å²) in [5.41, 5.74) is 3.03. The van der Waals surface area contributed by atoms with Crippen molar-refractivity contribution in [2.24, 2.45) is 0 Å². The molecule has 1 aromatic carbocycles. The van der Waals surface area contributed by atoms with E-state index < -0.39 is 0 Å². The Morgan fingerprint density at radius 3 is 2.67 bits per heavy atom. The molecule has 5 nitrogen and oxygen atoms in total. The first-order valence-electron chi connectivity index (χ1n) is 6.94. The second-order valence-electron chi connectivity index (χ2n) is 4.92. The molecule has 0 aliphatic heterocycles. The number of para-hydroxylation sites is 1. The van der Waals surface area contributed by atoms with Gasteiger partial charge in [-0.05, 0) is 38.8 Å². The molecule has 0 saturated heterocycles. The van der Waals surface area contributed by atoms with Gasteiger partial charge in [0.1, 0.15) is 6.33 Å². The molecule has 0 bridgehead atoms. The molecular weight excluding hydrogens is 284 g/mol. The summed E-state index contributed by atoms with van der Waals surface area (Å²) in [4.78, 5) is 12.4. The number of thioether (sulfide) groups is 1. The zero-order chi connectivity index (χ0) is 15.4. The van der Waals surface area contributed by atoms with Crippen LogP contribution in [0.2, 0.25) is 0 Å². The van der Waals surface area contributed by atoms with Crippen molar-refractivity contribution in [2.45, 2.75) is 44.6 Å². The van der Waals surface area contributed by atoms with E-state index in [1.165, 1.54) is 11.8 Å². The van der Waals surface area contributed by atoms with E-state index in [1.54, 1.807) is 6.33 Å². The molecule has 21 heavy (non-hydrogen) atoms. The number of aromatic nitrogens is 3. The Bertz CT molecular complexity index is 618. The summed E-state index contributed by atoms with van der Waals surface area (Å²) in [5, 5.41) is 11.5. The van der Waals surface area contributed by atoms with Crippen molar-refractivity contribution in [3.8, 4) is 0 Å². The SMILES string of the molecule is CCn1cnnc1S[C@H](C)C(=O)Nc1c(C)cccc1C. The number of aryl methyl sites for hydroxylation is 3. The van der Waals surface area contributed by atoms with E-state index in [9.17, 15) is 4.79 Å². The quantitative estimate of drug-likeness (QED) is 0.863. The Labute approximate surface area is 129 Å². The van der Waals surface area contributed by atoms with Gasteiger partial charge >= 0.3 is 0 Å². The van der Waals surface area contributed by atoms with E-state index in [2.05, 4.69) is 15.5 Å². The number of hydrogen-bond acceptors (Lipinski definition) is 4. The van der Waals surface area contributed by atoms with Crippen molar-refractivity contribution < 1.29 is 4.79 Å². The summed E-state index contributed by atoms with van der Waals surface area (Å²) >= 11 is 1.42. The van der Waals surface area contributed by atoms with E-state index >= 15 is 0 Å². The Morgan fingerprint density at radius 2 is 2.05 bits per heavy atom. The number of hydrogen-bond donors (Lipinski definition) is 1. The number of rotatable bonds is 5. The lowest BCUT2D eigenvalue weighted by atomic mass is 10.1. The minimum atomic E-state index is -0.237. The molecule has 0 aliphatic rings. The van der Waals surface area contributed by atoms with Gasteiger partial charge in [0.25, 0.3) is 0 Å². The van der Waals surface area contributed by atoms with Crippen LogP contribution in [-0.2, 0) is 11.3 Å². The molecule has 2 rings (SSSR count). The van der Waals surface area contributed by atoms with Crippen molar-refractivity contribution in [1.29, 1.82) is 0 Å². The molecule has 1 atom stereocenters. The maximum Gasteiger partial charge on any atom is 0.237 e. The lowest BCUT2D eigenvalue weighted by Crippen LogP contribution is -2.23. The molecule has 1 aromatic heterocycles. The van der Waals surface area contributed by atoms with Gasteiger partial charge in [-0.3, -0.25) is 4.79 Å². The molecule has 1 heterocycles. The maximum absolute atomic E-state index is 12.4. The van der Waals surface area contributed by atoms with Gasteiger partial charge in [0.05, 0.1) is 5.25 Å². The van der Waals surface area contributed by atoms with E-state index in [4.69, 9.17) is 0 Å². The normalized spacial score (nSPS) is 12.2. The summed E-state index contributed by atoms with van der Waals surface area (Å²) in [5.74, 6) is -0.0250. The zero-order valence-corrected chi connectivity index (χ0v) is 13.6. The Morgan fingerprint density at radius 1 is 1.38 bits per heavy atom. The summed E-state index contributed by atoms with van der Waals surface area (Å²) < 4.78 is 1.92. The van der Waals surface area contributed by atoms with Crippen LogP contribution in [0.3, 0.4) is 0 Å². The number of carbonyl (C=O) groups excluding carboxylic acids is 1. The monoisotopic (exact) mass is 304 g/mol. The largest absolute Gasteiger partial charge is 0.325 e. The fourth-order valence-electron chi connectivity index (χ4n) is 2.00. The number of anilines is 1. The highest BCUT2D eigenvalue weighted by Gasteiger charge is 2.18. The molecule has 0 aliphatic carbocycles. The zero-order valence-electron chi connectivity index (χ0n) is 12.8. The number of nitrogens with zero attached hydrogens (tertiary/aromatic N) is 3. The van der Waals surface area contributed by atoms with Crippen LogP contribution in [0, 0.1) is 13.8 Å². The number of nitrogens with one attached hydrogen (secondary N) is 1. The second kappa shape index (κ2) is 6.76. The van der Waals surface area contributed by atoms with Crippen molar-refractivity contribution in [1.82, 2.24) is 14.8 Å². The summed E-state index contributed by atoms with van der Waals surface area (Å²) in [6.45, 7) is 8.68. The van der Waals surface area contributed by atoms with E-state index in [0.717, 1.165) is 28.5 Å². The highest BCUT2D eigenvalue weighted by atomic mass is 32.2.